The topological polar surface area (TPSA) is 61.4 Å². The van der Waals surface area contributed by atoms with Crippen LogP contribution in [0.5, 0.6) is 0 Å². The normalized spacial score (nSPS) is 14.3. The molecule has 1 amide bonds. The first kappa shape index (κ1) is 15.7. The van der Waals surface area contributed by atoms with Crippen LogP contribution in [0.15, 0.2) is 59.8 Å². The monoisotopic (exact) mass is 348 g/mol. The van der Waals surface area contributed by atoms with Gasteiger partial charge in [-0.15, -0.1) is 11.8 Å². The highest BCUT2D eigenvalue weighted by atomic mass is 32.2. The Morgan fingerprint density at radius 1 is 1.24 bits per heavy atom. The number of likely N-dealkylation sites (tertiary alicyclic amines) is 1. The molecule has 1 saturated heterocycles. The molecule has 0 radical (unpaired) electrons. The Morgan fingerprint density at radius 3 is 2.84 bits per heavy atom. The predicted molar refractivity (Wildman–Crippen MR) is 96.2 cm³/mol. The van der Waals surface area contributed by atoms with Gasteiger partial charge < -0.3 is 9.30 Å². The van der Waals surface area contributed by atoms with E-state index in [-0.39, 0.29) is 11.8 Å². The molecule has 6 heteroatoms. The number of carbonyl (C=O) groups excluding carboxylic acids is 1. The fourth-order valence-electron chi connectivity index (χ4n) is 2.87. The van der Waals surface area contributed by atoms with Gasteiger partial charge in [0, 0.05) is 36.1 Å². The second kappa shape index (κ2) is 6.61. The third-order valence-corrected chi connectivity index (χ3v) is 5.37. The third-order valence-electron chi connectivity index (χ3n) is 4.26. The van der Waals surface area contributed by atoms with Gasteiger partial charge in [0.1, 0.15) is 5.65 Å². The average molecular weight is 348 g/mol. The molecule has 0 unspecified atom stereocenters. The number of hydrogen-bond donors (Lipinski definition) is 0. The summed E-state index contributed by atoms with van der Waals surface area (Å²) in [6.45, 7) is 1.06. The van der Waals surface area contributed by atoms with E-state index in [1.54, 1.807) is 16.7 Å². The highest BCUT2D eigenvalue weighted by molar-refractivity contribution is 7.98. The number of carbonyl (C=O) groups is 1. The number of hydrogen-bond acceptors (Lipinski definition) is 4. The summed E-state index contributed by atoms with van der Waals surface area (Å²) >= 11 is 1.61. The number of fused-ring (bicyclic) bond motifs is 1. The number of pyridine rings is 1. The minimum Gasteiger partial charge on any atom is -0.336 e. The first-order valence-electron chi connectivity index (χ1n) is 8.08. The molecule has 4 rings (SSSR count). The summed E-state index contributed by atoms with van der Waals surface area (Å²) in [5, 5.41) is 8.88. The minimum absolute atomic E-state index is 0.00426. The molecule has 25 heavy (non-hydrogen) atoms. The van der Waals surface area contributed by atoms with E-state index in [4.69, 9.17) is 5.26 Å². The molecule has 1 aliphatic heterocycles. The zero-order chi connectivity index (χ0) is 17.2. The Kier molecular flexibility index (Phi) is 4.16. The molecule has 124 valence electrons. The lowest BCUT2D eigenvalue weighted by atomic mass is 10.0. The molecule has 2 aromatic heterocycles. The van der Waals surface area contributed by atoms with Crippen molar-refractivity contribution in [3.63, 3.8) is 0 Å². The van der Waals surface area contributed by atoms with Crippen LogP contribution in [0, 0.1) is 17.2 Å². The second-order valence-corrected chi connectivity index (χ2v) is 7.04. The Bertz CT molecular complexity index is 936. The second-order valence-electron chi connectivity index (χ2n) is 6.02. The summed E-state index contributed by atoms with van der Waals surface area (Å²) in [4.78, 5) is 19.9. The van der Waals surface area contributed by atoms with Gasteiger partial charge in [0.05, 0.1) is 23.2 Å². The van der Waals surface area contributed by atoms with E-state index < -0.39 is 0 Å². The molecule has 1 fully saturated rings. The summed E-state index contributed by atoms with van der Waals surface area (Å²) in [5.74, 6) is 0.679. The number of thioether (sulfide) groups is 1. The van der Waals surface area contributed by atoms with Gasteiger partial charge in [-0.05, 0) is 24.3 Å². The summed E-state index contributed by atoms with van der Waals surface area (Å²) in [6, 6.07) is 15.8. The first-order valence-corrected chi connectivity index (χ1v) is 9.06. The molecule has 0 spiro atoms. The molecule has 1 aromatic carbocycles. The van der Waals surface area contributed by atoms with Gasteiger partial charge in [-0.3, -0.25) is 4.79 Å². The SMILES string of the molecule is N#CC1CN(C(=O)c2ccccc2SCc2cn3ccccc3n2)C1. The molecule has 0 N–H and O–H groups in total. The number of benzene rings is 1. The Morgan fingerprint density at radius 2 is 2.04 bits per heavy atom. The van der Waals surface area contributed by atoms with Crippen molar-refractivity contribution in [2.75, 3.05) is 13.1 Å². The smallest absolute Gasteiger partial charge is 0.255 e. The van der Waals surface area contributed by atoms with Gasteiger partial charge in [0.25, 0.3) is 5.91 Å². The Hall–Kier alpha value is -2.78. The lowest BCUT2D eigenvalue weighted by Gasteiger charge is -2.35. The van der Waals surface area contributed by atoms with E-state index in [0.29, 0.717) is 24.4 Å². The molecule has 1 aliphatic rings. The summed E-state index contributed by atoms with van der Waals surface area (Å²) in [5.41, 5.74) is 2.60. The van der Waals surface area contributed by atoms with Crippen molar-refractivity contribution in [3.05, 3.63) is 66.1 Å². The number of nitriles is 1. The van der Waals surface area contributed by atoms with Gasteiger partial charge in [0.15, 0.2) is 0 Å². The van der Waals surface area contributed by atoms with Crippen molar-refractivity contribution in [2.45, 2.75) is 10.6 Å². The number of amides is 1. The molecule has 3 aromatic rings. The van der Waals surface area contributed by atoms with Crippen LogP contribution in [0.2, 0.25) is 0 Å². The van der Waals surface area contributed by atoms with Gasteiger partial charge >= 0.3 is 0 Å². The first-order chi connectivity index (χ1) is 12.2. The van der Waals surface area contributed by atoms with Gasteiger partial charge in [-0.1, -0.05) is 18.2 Å². The maximum absolute atomic E-state index is 12.6. The highest BCUT2D eigenvalue weighted by Gasteiger charge is 2.31. The van der Waals surface area contributed by atoms with E-state index in [2.05, 4.69) is 11.1 Å². The molecule has 5 nitrogen and oxygen atoms in total. The standard InChI is InChI=1S/C19H16N4OS/c20-9-14-10-23(11-14)19(24)16-5-1-2-6-17(16)25-13-15-12-22-8-4-3-7-18(22)21-15/h1-8,12,14H,10-11,13H2. The quantitative estimate of drug-likeness (QED) is 0.679. The van der Waals surface area contributed by atoms with Crippen molar-refractivity contribution in [1.82, 2.24) is 14.3 Å². The van der Waals surface area contributed by atoms with Gasteiger partial charge in [-0.2, -0.15) is 5.26 Å². The van der Waals surface area contributed by atoms with Crippen LogP contribution in [-0.4, -0.2) is 33.3 Å². The minimum atomic E-state index is -0.0262. The summed E-state index contributed by atoms with van der Waals surface area (Å²) < 4.78 is 2.00. The van der Waals surface area contributed by atoms with Crippen molar-refractivity contribution >= 4 is 23.3 Å². The van der Waals surface area contributed by atoms with Gasteiger partial charge in [-0.25, -0.2) is 4.98 Å². The number of nitrogens with zero attached hydrogens (tertiary/aromatic N) is 4. The van der Waals surface area contributed by atoms with E-state index in [0.717, 1.165) is 16.2 Å². The fourth-order valence-corrected chi connectivity index (χ4v) is 3.80. The maximum atomic E-state index is 12.6. The molecule has 0 atom stereocenters. The lowest BCUT2D eigenvalue weighted by Crippen LogP contribution is -2.49. The van der Waals surface area contributed by atoms with Crippen LogP contribution >= 0.6 is 11.8 Å². The van der Waals surface area contributed by atoms with Crippen molar-refractivity contribution in [3.8, 4) is 6.07 Å². The fraction of sp³-hybridized carbons (Fsp3) is 0.211. The lowest BCUT2D eigenvalue weighted by molar-refractivity contribution is 0.0573. The maximum Gasteiger partial charge on any atom is 0.255 e. The van der Waals surface area contributed by atoms with Crippen LogP contribution in [0.4, 0.5) is 0 Å². The molecule has 0 bridgehead atoms. The highest BCUT2D eigenvalue weighted by Crippen LogP contribution is 2.28. The zero-order valence-electron chi connectivity index (χ0n) is 13.5. The van der Waals surface area contributed by atoms with Crippen LogP contribution < -0.4 is 0 Å². The molecule has 3 heterocycles. The number of aromatic nitrogens is 2. The predicted octanol–water partition coefficient (Wildman–Crippen LogP) is 3.22. The van der Waals surface area contributed by atoms with Gasteiger partial charge in [0.2, 0.25) is 0 Å². The van der Waals surface area contributed by atoms with Crippen LogP contribution in [-0.2, 0) is 5.75 Å². The van der Waals surface area contributed by atoms with E-state index in [1.165, 1.54) is 0 Å². The largest absolute Gasteiger partial charge is 0.336 e. The molecular weight excluding hydrogens is 332 g/mol. The summed E-state index contributed by atoms with van der Waals surface area (Å²) in [6.07, 6.45) is 3.99. The van der Waals surface area contributed by atoms with Crippen LogP contribution in [0.3, 0.4) is 0 Å². The molecule has 0 saturated carbocycles. The van der Waals surface area contributed by atoms with E-state index in [9.17, 15) is 4.79 Å². The number of rotatable bonds is 4. The molecular formula is C19H16N4OS. The summed E-state index contributed by atoms with van der Waals surface area (Å²) in [7, 11) is 0. The average Bonchev–Trinajstić information content (AvgIpc) is 3.02. The molecule has 0 aliphatic carbocycles. The van der Waals surface area contributed by atoms with Crippen LogP contribution in [0.1, 0.15) is 16.1 Å². The van der Waals surface area contributed by atoms with E-state index in [1.807, 2.05) is 59.3 Å². The zero-order valence-corrected chi connectivity index (χ0v) is 14.3. The number of imidazole rings is 1. The van der Waals surface area contributed by atoms with Crippen molar-refractivity contribution < 1.29 is 4.79 Å². The Labute approximate surface area is 149 Å². The third kappa shape index (κ3) is 3.11. The van der Waals surface area contributed by atoms with E-state index >= 15 is 0 Å². The Balaban J connectivity index is 1.49. The van der Waals surface area contributed by atoms with Crippen molar-refractivity contribution in [1.29, 1.82) is 5.26 Å². The van der Waals surface area contributed by atoms with Crippen molar-refractivity contribution in [2.24, 2.45) is 5.92 Å². The van der Waals surface area contributed by atoms with Crippen LogP contribution in [0.25, 0.3) is 5.65 Å².